The summed E-state index contributed by atoms with van der Waals surface area (Å²) in [4.78, 5) is 26.6. The van der Waals surface area contributed by atoms with Gasteiger partial charge in [0.25, 0.3) is 6.47 Å². The highest BCUT2D eigenvalue weighted by atomic mass is 16.8. The fourth-order valence-electron chi connectivity index (χ4n) is 4.22. The summed E-state index contributed by atoms with van der Waals surface area (Å²) in [6.07, 6.45) is 1.03. The van der Waals surface area contributed by atoms with Crippen molar-refractivity contribution in [3.8, 4) is 5.75 Å². The number of hydrogen-bond acceptors (Lipinski definition) is 14. The van der Waals surface area contributed by atoms with E-state index in [4.69, 9.17) is 47.4 Å². The van der Waals surface area contributed by atoms with Gasteiger partial charge < -0.3 is 57.2 Å². The average Bonchev–Trinajstić information content (AvgIpc) is 3.50. The molecule has 0 aliphatic carbocycles. The minimum absolute atomic E-state index is 0.0161. The number of allylic oxidation sites excluding steroid dienone is 1. The van der Waals surface area contributed by atoms with E-state index >= 15 is 0 Å². The molecule has 0 saturated carbocycles. The number of ether oxygens (including phenoxy) is 10. The molecular formula is C33H54N2O12. The first-order valence-electron chi connectivity index (χ1n) is 15.4. The molecule has 4 unspecified atom stereocenters. The molecule has 1 aromatic carbocycles. The first-order chi connectivity index (χ1) is 22.7. The number of benzene rings is 1. The summed E-state index contributed by atoms with van der Waals surface area (Å²) in [5, 5.41) is 0. The monoisotopic (exact) mass is 670 g/mol. The standard InChI is InChI=1S/C28H42N2O11.C5H12O/c1-7-21(2)40-27-9-8-22(29(10-11-37-20-34-4)13-23(35-5)16-33-3)12-26(27)30(14-24(36-6)17-38-19-31)15-25-18-39-28(32)41-25;1-4-5(2)6-3/h7-9,12,19,23-25H,1-2,10-11,13-18,20H2,3-6H3;5H,4H2,1-3H3. The third kappa shape index (κ3) is 16.3. The smallest absolute Gasteiger partial charge is 0.465 e. The summed E-state index contributed by atoms with van der Waals surface area (Å²) < 4.78 is 53.3. The second-order valence-electron chi connectivity index (χ2n) is 10.4. The van der Waals surface area contributed by atoms with Crippen LogP contribution < -0.4 is 14.5 Å². The molecule has 0 radical (unpaired) electrons. The Hall–Kier alpha value is -3.40. The Labute approximate surface area is 279 Å². The molecule has 1 aromatic rings. The van der Waals surface area contributed by atoms with Gasteiger partial charge in [0, 0.05) is 60.9 Å². The van der Waals surface area contributed by atoms with Gasteiger partial charge in [0.05, 0.1) is 37.7 Å². The molecule has 0 bridgehead atoms. The summed E-state index contributed by atoms with van der Waals surface area (Å²) in [6.45, 7) is 14.7. The number of carbonyl (C=O) groups is 2. The number of methoxy groups -OCH3 is 5. The van der Waals surface area contributed by atoms with E-state index in [1.165, 1.54) is 13.2 Å². The fraction of sp³-hybridized carbons (Fsp3) is 0.636. The number of cyclic esters (lactones) is 2. The van der Waals surface area contributed by atoms with E-state index in [1.807, 2.05) is 23.1 Å². The highest BCUT2D eigenvalue weighted by molar-refractivity contribution is 5.68. The van der Waals surface area contributed by atoms with Crippen molar-refractivity contribution < 1.29 is 57.0 Å². The predicted octanol–water partition coefficient (Wildman–Crippen LogP) is 3.81. The van der Waals surface area contributed by atoms with Crippen LogP contribution in [-0.2, 0) is 47.4 Å². The Kier molecular flexibility index (Phi) is 21.9. The lowest BCUT2D eigenvalue weighted by Gasteiger charge is -2.33. The second kappa shape index (κ2) is 24.7. The molecular weight excluding hydrogens is 616 g/mol. The van der Waals surface area contributed by atoms with Gasteiger partial charge in [-0.05, 0) is 37.6 Å². The quantitative estimate of drug-likeness (QED) is 0.0373. The van der Waals surface area contributed by atoms with E-state index in [-0.39, 0.29) is 39.2 Å². The first kappa shape index (κ1) is 41.6. The molecule has 14 nitrogen and oxygen atoms in total. The van der Waals surface area contributed by atoms with Gasteiger partial charge >= 0.3 is 6.16 Å². The normalized spacial score (nSPS) is 15.6. The molecule has 0 aromatic heterocycles. The lowest BCUT2D eigenvalue weighted by atomic mass is 10.1. The van der Waals surface area contributed by atoms with Crippen LogP contribution >= 0.6 is 0 Å². The van der Waals surface area contributed by atoms with Crippen LogP contribution in [0.25, 0.3) is 0 Å². The van der Waals surface area contributed by atoms with E-state index in [0.717, 1.165) is 12.1 Å². The zero-order valence-corrected chi connectivity index (χ0v) is 29.0. The van der Waals surface area contributed by atoms with Crippen molar-refractivity contribution >= 4 is 24.0 Å². The number of carbonyl (C=O) groups excluding carboxylic acids is 2. The number of hydrogen-bond donors (Lipinski definition) is 0. The largest absolute Gasteiger partial charge is 0.508 e. The molecule has 268 valence electrons. The average molecular weight is 671 g/mol. The predicted molar refractivity (Wildman–Crippen MR) is 177 cm³/mol. The van der Waals surface area contributed by atoms with Gasteiger partial charge in [-0.3, -0.25) is 4.79 Å². The van der Waals surface area contributed by atoms with Crippen LogP contribution in [0.5, 0.6) is 5.75 Å². The summed E-state index contributed by atoms with van der Waals surface area (Å²) in [7, 11) is 8.06. The topological polar surface area (TPSA) is 133 Å². The lowest BCUT2D eigenvalue weighted by Crippen LogP contribution is -2.42. The minimum atomic E-state index is -0.737. The molecule has 1 fully saturated rings. The molecule has 47 heavy (non-hydrogen) atoms. The van der Waals surface area contributed by atoms with Gasteiger partial charge in [-0.25, -0.2) is 4.79 Å². The van der Waals surface area contributed by atoms with E-state index < -0.39 is 18.4 Å². The van der Waals surface area contributed by atoms with Crippen molar-refractivity contribution in [1.29, 1.82) is 0 Å². The van der Waals surface area contributed by atoms with E-state index in [1.54, 1.807) is 28.4 Å². The molecule has 1 aliphatic heterocycles. The van der Waals surface area contributed by atoms with Crippen LogP contribution in [0, 0.1) is 0 Å². The van der Waals surface area contributed by atoms with Gasteiger partial charge in [-0.2, -0.15) is 0 Å². The number of anilines is 2. The SMILES string of the molecule is C=CC(=C)Oc1ccc(N(CCOCOC)CC(COC)OC)cc1N(CC(COC=O)OC)CC1COC(=O)O1.CCC(C)OC. The van der Waals surface area contributed by atoms with Crippen molar-refractivity contribution in [2.24, 2.45) is 0 Å². The Morgan fingerprint density at radius 3 is 2.28 bits per heavy atom. The Balaban J connectivity index is 0.00000167. The maximum Gasteiger partial charge on any atom is 0.508 e. The Morgan fingerprint density at radius 2 is 1.74 bits per heavy atom. The molecule has 1 heterocycles. The maximum absolute atomic E-state index is 11.7. The van der Waals surface area contributed by atoms with Crippen molar-refractivity contribution in [1.82, 2.24) is 0 Å². The zero-order valence-electron chi connectivity index (χ0n) is 29.0. The highest BCUT2D eigenvalue weighted by Crippen LogP contribution is 2.35. The summed E-state index contributed by atoms with van der Waals surface area (Å²) in [6, 6.07) is 5.66. The Bertz CT molecular complexity index is 1040. The van der Waals surface area contributed by atoms with Crippen molar-refractivity contribution in [3.63, 3.8) is 0 Å². The molecule has 1 aliphatic rings. The number of nitrogens with zero attached hydrogens (tertiary/aromatic N) is 2. The molecule has 14 heteroatoms. The molecule has 1 saturated heterocycles. The minimum Gasteiger partial charge on any atom is -0.465 e. The third-order valence-electron chi connectivity index (χ3n) is 7.09. The van der Waals surface area contributed by atoms with Crippen LogP contribution in [0.3, 0.4) is 0 Å². The van der Waals surface area contributed by atoms with Gasteiger partial charge in [0.15, 0.2) is 11.9 Å². The number of rotatable bonds is 25. The van der Waals surface area contributed by atoms with E-state index in [2.05, 4.69) is 31.9 Å². The summed E-state index contributed by atoms with van der Waals surface area (Å²) >= 11 is 0. The van der Waals surface area contributed by atoms with Crippen molar-refractivity contribution in [3.05, 3.63) is 43.2 Å². The zero-order chi connectivity index (χ0) is 35.0. The molecule has 0 N–H and O–H groups in total. The summed E-state index contributed by atoms with van der Waals surface area (Å²) in [5.74, 6) is 0.817. The highest BCUT2D eigenvalue weighted by Gasteiger charge is 2.30. The second-order valence-corrected chi connectivity index (χ2v) is 10.4. The van der Waals surface area contributed by atoms with Gasteiger partial charge in [0.1, 0.15) is 31.9 Å². The Morgan fingerprint density at radius 1 is 1.04 bits per heavy atom. The van der Waals surface area contributed by atoms with Crippen LogP contribution in [0.15, 0.2) is 43.2 Å². The fourth-order valence-corrected chi connectivity index (χ4v) is 4.22. The molecule has 2 rings (SSSR count). The van der Waals surface area contributed by atoms with Crippen LogP contribution in [0.2, 0.25) is 0 Å². The van der Waals surface area contributed by atoms with Crippen LogP contribution in [0.1, 0.15) is 20.3 Å². The van der Waals surface area contributed by atoms with Gasteiger partial charge in [0.2, 0.25) is 0 Å². The van der Waals surface area contributed by atoms with Gasteiger partial charge in [-0.1, -0.05) is 20.1 Å². The van der Waals surface area contributed by atoms with Crippen molar-refractivity contribution in [2.75, 3.05) is 105 Å². The van der Waals surface area contributed by atoms with E-state index in [9.17, 15) is 9.59 Å². The van der Waals surface area contributed by atoms with Crippen LogP contribution in [0.4, 0.5) is 16.2 Å². The molecule has 0 spiro atoms. The van der Waals surface area contributed by atoms with Crippen LogP contribution in [-0.4, -0.2) is 132 Å². The molecule has 4 atom stereocenters. The maximum atomic E-state index is 11.7. The molecule has 0 amide bonds. The third-order valence-corrected chi connectivity index (χ3v) is 7.09. The first-order valence-corrected chi connectivity index (χ1v) is 15.4. The van der Waals surface area contributed by atoms with Crippen molar-refractivity contribution in [2.45, 2.75) is 44.7 Å². The lowest BCUT2D eigenvalue weighted by molar-refractivity contribution is -0.131. The van der Waals surface area contributed by atoms with E-state index in [0.29, 0.717) is 56.1 Å². The summed E-state index contributed by atoms with van der Waals surface area (Å²) in [5.41, 5.74) is 1.48. The van der Waals surface area contributed by atoms with Gasteiger partial charge in [-0.15, -0.1) is 0 Å².